The van der Waals surface area contributed by atoms with Crippen LogP contribution < -0.4 is 5.32 Å². The molecule has 3 nitrogen and oxygen atoms in total. The number of epoxide rings is 2. The van der Waals surface area contributed by atoms with Gasteiger partial charge >= 0.3 is 0 Å². The Morgan fingerprint density at radius 3 is 1.73 bits per heavy atom. The standard InChI is InChI=1S/C8H14NO2/c1-7(5-10-7)3-9-4-8(2)6-11-8/h3-6H2,1-2H3. The van der Waals surface area contributed by atoms with Gasteiger partial charge in [0.15, 0.2) is 0 Å². The average Bonchev–Trinajstić information content (AvgIpc) is 2.78. The van der Waals surface area contributed by atoms with E-state index in [2.05, 4.69) is 19.2 Å². The summed E-state index contributed by atoms with van der Waals surface area (Å²) in [6.07, 6.45) is 0. The van der Waals surface area contributed by atoms with Crippen molar-refractivity contribution in [2.24, 2.45) is 0 Å². The molecule has 0 bridgehead atoms. The third-order valence-corrected chi connectivity index (χ3v) is 2.17. The molecule has 1 radical (unpaired) electrons. The summed E-state index contributed by atoms with van der Waals surface area (Å²) in [5.41, 5.74) is 0.149. The summed E-state index contributed by atoms with van der Waals surface area (Å²) in [5.74, 6) is 0. The van der Waals surface area contributed by atoms with Gasteiger partial charge in [0.2, 0.25) is 0 Å². The summed E-state index contributed by atoms with van der Waals surface area (Å²) in [7, 11) is 0. The number of hydrogen-bond donors (Lipinski definition) is 0. The Morgan fingerprint density at radius 1 is 1.09 bits per heavy atom. The molecule has 2 heterocycles. The van der Waals surface area contributed by atoms with Crippen LogP contribution in [0.5, 0.6) is 0 Å². The molecule has 0 amide bonds. The highest BCUT2D eigenvalue weighted by atomic mass is 16.6. The predicted octanol–water partition coefficient (Wildman–Crippen LogP) is 0.169. The molecule has 0 aromatic rings. The first-order chi connectivity index (χ1) is 5.12. The zero-order valence-electron chi connectivity index (χ0n) is 7.09. The minimum Gasteiger partial charge on any atom is -0.368 e. The van der Waals surface area contributed by atoms with Crippen molar-refractivity contribution in [3.8, 4) is 0 Å². The molecular formula is C8H14NO2. The van der Waals surface area contributed by atoms with Crippen molar-refractivity contribution >= 4 is 0 Å². The topological polar surface area (TPSA) is 39.2 Å². The minimum atomic E-state index is 0.0747. The van der Waals surface area contributed by atoms with Gasteiger partial charge in [0.25, 0.3) is 0 Å². The van der Waals surface area contributed by atoms with E-state index in [0.29, 0.717) is 0 Å². The van der Waals surface area contributed by atoms with Gasteiger partial charge in [0.1, 0.15) is 11.2 Å². The molecule has 0 aliphatic carbocycles. The van der Waals surface area contributed by atoms with Crippen LogP contribution in [-0.4, -0.2) is 37.5 Å². The summed E-state index contributed by atoms with van der Waals surface area (Å²) in [6.45, 7) is 7.57. The number of ether oxygens (including phenoxy) is 2. The van der Waals surface area contributed by atoms with Gasteiger partial charge in [-0.05, 0) is 13.8 Å². The summed E-state index contributed by atoms with van der Waals surface area (Å²) < 4.78 is 10.4. The van der Waals surface area contributed by atoms with E-state index < -0.39 is 0 Å². The van der Waals surface area contributed by atoms with Crippen LogP contribution >= 0.6 is 0 Å². The molecule has 11 heavy (non-hydrogen) atoms. The lowest BCUT2D eigenvalue weighted by molar-refractivity contribution is 0.280. The molecule has 0 saturated carbocycles. The first kappa shape index (κ1) is 7.53. The fourth-order valence-corrected chi connectivity index (χ4v) is 0.958. The van der Waals surface area contributed by atoms with Gasteiger partial charge in [-0.15, -0.1) is 0 Å². The van der Waals surface area contributed by atoms with E-state index in [1.165, 1.54) is 0 Å². The second-order valence-corrected chi connectivity index (χ2v) is 4.02. The average molecular weight is 156 g/mol. The van der Waals surface area contributed by atoms with Crippen LogP contribution in [0.15, 0.2) is 0 Å². The van der Waals surface area contributed by atoms with Gasteiger partial charge in [-0.2, -0.15) is 0 Å². The fraction of sp³-hybridized carbons (Fsp3) is 1.00. The van der Waals surface area contributed by atoms with Crippen LogP contribution in [0.3, 0.4) is 0 Å². The van der Waals surface area contributed by atoms with Crippen molar-refractivity contribution in [2.45, 2.75) is 25.0 Å². The van der Waals surface area contributed by atoms with Crippen molar-refractivity contribution in [1.82, 2.24) is 5.32 Å². The highest BCUT2D eigenvalue weighted by Crippen LogP contribution is 2.27. The molecule has 0 spiro atoms. The van der Waals surface area contributed by atoms with Gasteiger partial charge in [-0.25, -0.2) is 5.32 Å². The van der Waals surface area contributed by atoms with E-state index in [1.807, 2.05) is 0 Å². The molecule has 0 N–H and O–H groups in total. The number of hydrogen-bond acceptors (Lipinski definition) is 2. The molecule has 2 aliphatic rings. The smallest absolute Gasteiger partial charge is 0.103 e. The van der Waals surface area contributed by atoms with Crippen molar-refractivity contribution < 1.29 is 9.47 Å². The minimum absolute atomic E-state index is 0.0747. The van der Waals surface area contributed by atoms with Crippen LogP contribution in [0.1, 0.15) is 13.8 Å². The highest BCUT2D eigenvalue weighted by Gasteiger charge is 2.43. The first-order valence-electron chi connectivity index (χ1n) is 4.03. The Hall–Kier alpha value is -0.120. The molecule has 2 fully saturated rings. The van der Waals surface area contributed by atoms with E-state index in [4.69, 9.17) is 9.47 Å². The zero-order chi connectivity index (χ0) is 7.95. The third-order valence-electron chi connectivity index (χ3n) is 2.17. The van der Waals surface area contributed by atoms with E-state index in [9.17, 15) is 0 Å². The molecular weight excluding hydrogens is 142 g/mol. The van der Waals surface area contributed by atoms with Crippen LogP contribution in [0.25, 0.3) is 0 Å². The molecule has 2 unspecified atom stereocenters. The Morgan fingerprint density at radius 2 is 1.45 bits per heavy atom. The van der Waals surface area contributed by atoms with Gasteiger partial charge < -0.3 is 9.47 Å². The molecule has 2 atom stereocenters. The van der Waals surface area contributed by atoms with E-state index in [0.717, 1.165) is 26.3 Å². The lowest BCUT2D eigenvalue weighted by Gasteiger charge is -2.07. The Balaban J connectivity index is 1.60. The van der Waals surface area contributed by atoms with Crippen molar-refractivity contribution in [3.05, 3.63) is 0 Å². The molecule has 3 heteroatoms. The SMILES string of the molecule is CC1(C[N]CC2(C)CO2)CO1. The molecule has 0 aromatic heterocycles. The molecule has 2 rings (SSSR count). The monoisotopic (exact) mass is 156 g/mol. The van der Waals surface area contributed by atoms with Gasteiger partial charge in [0, 0.05) is 13.1 Å². The highest BCUT2D eigenvalue weighted by molar-refractivity contribution is 4.93. The summed E-state index contributed by atoms with van der Waals surface area (Å²) in [6, 6.07) is 0. The van der Waals surface area contributed by atoms with Crippen molar-refractivity contribution in [2.75, 3.05) is 26.3 Å². The Labute approximate surface area is 67.1 Å². The predicted molar refractivity (Wildman–Crippen MR) is 40.6 cm³/mol. The maximum absolute atomic E-state index is 5.20. The molecule has 63 valence electrons. The third kappa shape index (κ3) is 1.92. The molecule has 0 aromatic carbocycles. The van der Waals surface area contributed by atoms with E-state index >= 15 is 0 Å². The Bertz CT molecular complexity index is 143. The summed E-state index contributed by atoms with van der Waals surface area (Å²) in [5, 5.41) is 4.39. The van der Waals surface area contributed by atoms with Crippen molar-refractivity contribution in [3.63, 3.8) is 0 Å². The summed E-state index contributed by atoms with van der Waals surface area (Å²) in [4.78, 5) is 0. The maximum atomic E-state index is 5.20. The lowest BCUT2D eigenvalue weighted by Crippen LogP contribution is -2.28. The normalized spacial score (nSPS) is 47.5. The van der Waals surface area contributed by atoms with Crippen LogP contribution in [-0.2, 0) is 9.47 Å². The maximum Gasteiger partial charge on any atom is 0.103 e. The second kappa shape index (κ2) is 2.19. The van der Waals surface area contributed by atoms with Gasteiger partial charge in [0.05, 0.1) is 13.2 Å². The molecule has 2 saturated heterocycles. The zero-order valence-corrected chi connectivity index (χ0v) is 7.09. The molecule has 2 aliphatic heterocycles. The van der Waals surface area contributed by atoms with E-state index in [-0.39, 0.29) is 11.2 Å². The van der Waals surface area contributed by atoms with Crippen molar-refractivity contribution in [1.29, 1.82) is 0 Å². The van der Waals surface area contributed by atoms with Crippen LogP contribution in [0.4, 0.5) is 0 Å². The first-order valence-corrected chi connectivity index (χ1v) is 4.03. The quantitative estimate of drug-likeness (QED) is 0.544. The van der Waals surface area contributed by atoms with Gasteiger partial charge in [-0.3, -0.25) is 0 Å². The lowest BCUT2D eigenvalue weighted by atomic mass is 10.2. The van der Waals surface area contributed by atoms with Crippen LogP contribution in [0, 0.1) is 0 Å². The largest absolute Gasteiger partial charge is 0.368 e. The summed E-state index contributed by atoms with van der Waals surface area (Å²) >= 11 is 0. The van der Waals surface area contributed by atoms with E-state index in [1.54, 1.807) is 0 Å². The van der Waals surface area contributed by atoms with Crippen LogP contribution in [0.2, 0.25) is 0 Å². The number of rotatable bonds is 4. The second-order valence-electron chi connectivity index (χ2n) is 4.02. The van der Waals surface area contributed by atoms with Gasteiger partial charge in [-0.1, -0.05) is 0 Å². The number of nitrogens with zero attached hydrogens (tertiary/aromatic N) is 1. The Kier molecular flexibility index (Phi) is 1.50. The fourth-order valence-electron chi connectivity index (χ4n) is 0.958.